The molecular weight excluding hydrogens is 1050 g/mol. The molecule has 0 aliphatic heterocycles. The highest BCUT2D eigenvalue weighted by Crippen LogP contribution is 2.19. The summed E-state index contributed by atoms with van der Waals surface area (Å²) in [7, 11) is 0. The fourth-order valence-electron chi connectivity index (χ4n) is 12.1. The summed E-state index contributed by atoms with van der Waals surface area (Å²) in [5.41, 5.74) is 0. The zero-order valence-corrected chi connectivity index (χ0v) is 58.1. The molecule has 6 nitrogen and oxygen atoms in total. The molecule has 6 heteroatoms. The lowest BCUT2D eigenvalue weighted by molar-refractivity contribution is -0.143. The third kappa shape index (κ3) is 70.9. The van der Waals surface area contributed by atoms with E-state index in [0.29, 0.717) is 19.4 Å². The van der Waals surface area contributed by atoms with Gasteiger partial charge in [-0.1, -0.05) is 371 Å². The molecule has 0 aromatic rings. The van der Waals surface area contributed by atoms with Gasteiger partial charge in [-0.2, -0.15) is 0 Å². The highest BCUT2D eigenvalue weighted by molar-refractivity contribution is 5.76. The Morgan fingerprint density at radius 2 is 0.581 bits per heavy atom. The molecule has 0 saturated carbocycles. The van der Waals surface area contributed by atoms with E-state index in [0.717, 1.165) is 51.4 Å². The number of amides is 1. The molecule has 1 amide bonds. The molecule has 2 atom stereocenters. The second-order valence-electron chi connectivity index (χ2n) is 26.7. The molecule has 0 radical (unpaired) electrons. The Kier molecular flexibility index (Phi) is 73.4. The van der Waals surface area contributed by atoms with Crippen molar-refractivity contribution < 1.29 is 24.5 Å². The van der Waals surface area contributed by atoms with E-state index in [1.54, 1.807) is 6.08 Å². The van der Waals surface area contributed by atoms with Crippen molar-refractivity contribution >= 4 is 11.9 Å². The van der Waals surface area contributed by atoms with Gasteiger partial charge in [-0.15, -0.1) is 0 Å². The van der Waals surface area contributed by atoms with Crippen LogP contribution in [0.5, 0.6) is 0 Å². The monoisotopic (exact) mass is 1210 g/mol. The fraction of sp³-hybridized carbons (Fsp3) is 0.875. The number of esters is 1. The van der Waals surface area contributed by atoms with Crippen molar-refractivity contribution in [2.75, 3.05) is 13.2 Å². The third-order valence-corrected chi connectivity index (χ3v) is 18.1. The molecule has 0 aromatic carbocycles. The number of hydrogen-bond donors (Lipinski definition) is 3. The van der Waals surface area contributed by atoms with Gasteiger partial charge in [0.2, 0.25) is 5.91 Å². The summed E-state index contributed by atoms with van der Waals surface area (Å²) in [4.78, 5) is 24.7. The summed E-state index contributed by atoms with van der Waals surface area (Å²) in [6, 6.07) is -0.629. The van der Waals surface area contributed by atoms with Crippen molar-refractivity contribution in [1.82, 2.24) is 5.32 Å². The van der Waals surface area contributed by atoms with Gasteiger partial charge >= 0.3 is 5.97 Å². The minimum atomic E-state index is -0.846. The molecule has 0 aliphatic rings. The van der Waals surface area contributed by atoms with Crippen LogP contribution in [-0.2, 0) is 14.3 Å². The van der Waals surface area contributed by atoms with Crippen LogP contribution in [0.4, 0.5) is 0 Å². The molecule has 0 rings (SSSR count). The molecule has 0 aromatic heterocycles. The quantitative estimate of drug-likeness (QED) is 0.0320. The topological polar surface area (TPSA) is 95.9 Å². The van der Waals surface area contributed by atoms with Gasteiger partial charge in [0, 0.05) is 12.8 Å². The minimum absolute atomic E-state index is 0.0129. The lowest BCUT2D eigenvalue weighted by atomic mass is 10.0. The molecule has 0 fully saturated rings. The van der Waals surface area contributed by atoms with Crippen LogP contribution < -0.4 is 5.32 Å². The van der Waals surface area contributed by atoms with Crippen LogP contribution in [0.25, 0.3) is 0 Å². The number of nitrogens with one attached hydrogen (secondary N) is 1. The molecule has 0 spiro atoms. The first-order valence-electron chi connectivity index (χ1n) is 38.9. The average Bonchev–Trinajstić information content (AvgIpc) is 3.54. The van der Waals surface area contributed by atoms with E-state index in [1.165, 1.54) is 347 Å². The predicted octanol–water partition coefficient (Wildman–Crippen LogP) is 25.6. The smallest absolute Gasteiger partial charge is 0.305 e. The van der Waals surface area contributed by atoms with E-state index in [1.807, 2.05) is 6.08 Å². The van der Waals surface area contributed by atoms with E-state index in [9.17, 15) is 19.8 Å². The summed E-state index contributed by atoms with van der Waals surface area (Å²) in [5.74, 6) is -0.0504. The second kappa shape index (κ2) is 75.3. The van der Waals surface area contributed by atoms with Crippen molar-refractivity contribution in [2.45, 2.75) is 437 Å². The largest absolute Gasteiger partial charge is 0.466 e. The minimum Gasteiger partial charge on any atom is -0.466 e. The first-order chi connectivity index (χ1) is 42.5. The first kappa shape index (κ1) is 83.8. The van der Waals surface area contributed by atoms with Crippen LogP contribution in [0.1, 0.15) is 425 Å². The van der Waals surface area contributed by atoms with Gasteiger partial charge < -0.3 is 20.3 Å². The Morgan fingerprint density at radius 1 is 0.326 bits per heavy atom. The maximum absolute atomic E-state index is 12.5. The van der Waals surface area contributed by atoms with Gasteiger partial charge in [0.15, 0.2) is 0 Å². The molecule has 2 unspecified atom stereocenters. The van der Waals surface area contributed by atoms with E-state index < -0.39 is 12.1 Å². The fourth-order valence-corrected chi connectivity index (χ4v) is 12.1. The zero-order chi connectivity index (χ0) is 62.0. The summed E-state index contributed by atoms with van der Waals surface area (Å²) in [6.45, 7) is 4.92. The highest BCUT2D eigenvalue weighted by Gasteiger charge is 2.18. The van der Waals surface area contributed by atoms with Gasteiger partial charge in [-0.25, -0.2) is 0 Å². The second-order valence-corrected chi connectivity index (χ2v) is 26.7. The van der Waals surface area contributed by atoms with Gasteiger partial charge in [-0.05, 0) is 89.9 Å². The maximum atomic E-state index is 12.5. The summed E-state index contributed by atoms with van der Waals surface area (Å²) >= 11 is 0. The molecule has 0 saturated heterocycles. The number of hydrogen-bond acceptors (Lipinski definition) is 5. The van der Waals surface area contributed by atoms with Crippen molar-refractivity contribution in [1.29, 1.82) is 0 Å². The number of carbonyl (C=O) groups excluding carboxylic acids is 2. The van der Waals surface area contributed by atoms with Gasteiger partial charge in [0.25, 0.3) is 0 Å². The number of allylic oxidation sites excluding steroid dienone is 7. The Bertz CT molecular complexity index is 1440. The van der Waals surface area contributed by atoms with E-state index in [2.05, 4.69) is 55.6 Å². The van der Waals surface area contributed by atoms with Gasteiger partial charge in [-0.3, -0.25) is 9.59 Å². The number of carbonyl (C=O) groups is 2. The highest BCUT2D eigenvalue weighted by atomic mass is 16.5. The molecule has 0 bridgehead atoms. The Labute approximate surface area is 537 Å². The van der Waals surface area contributed by atoms with Crippen LogP contribution >= 0.6 is 0 Å². The van der Waals surface area contributed by atoms with Gasteiger partial charge in [0.05, 0.1) is 25.4 Å². The van der Waals surface area contributed by atoms with Crippen LogP contribution in [0.3, 0.4) is 0 Å². The molecule has 0 aliphatic carbocycles. The Balaban J connectivity index is 3.39. The van der Waals surface area contributed by atoms with E-state index in [-0.39, 0.29) is 18.5 Å². The van der Waals surface area contributed by atoms with Crippen LogP contribution in [0.15, 0.2) is 48.6 Å². The van der Waals surface area contributed by atoms with E-state index in [4.69, 9.17) is 4.74 Å². The number of aliphatic hydroxyl groups is 2. The van der Waals surface area contributed by atoms with Crippen molar-refractivity contribution in [2.24, 2.45) is 0 Å². The standard InChI is InChI=1S/C80H151NO5/c1-3-5-7-9-11-13-15-17-19-21-23-33-37-40-44-48-52-56-60-64-68-72-78(83)77(76-82)81-79(84)73-69-65-61-57-53-49-45-41-38-34-31-29-27-25-24-26-28-30-32-35-39-43-47-51-55-59-63-67-71-75-86-80(85)74-70-66-62-58-54-50-46-42-36-22-20-18-16-14-12-10-8-6-4-2/h12,14,18,20,24,26,68,72,77-78,82-83H,3-11,13,15-17,19,21-23,25,27-67,69-71,73-76H2,1-2H3,(H,81,84)/b14-12-,20-18-,26-24-,72-68+. The Morgan fingerprint density at radius 3 is 0.919 bits per heavy atom. The third-order valence-electron chi connectivity index (χ3n) is 18.1. The van der Waals surface area contributed by atoms with E-state index >= 15 is 0 Å². The van der Waals surface area contributed by atoms with Crippen LogP contribution in [0.2, 0.25) is 0 Å². The number of aliphatic hydroxyl groups excluding tert-OH is 2. The van der Waals surface area contributed by atoms with Crippen LogP contribution in [-0.4, -0.2) is 47.4 Å². The molecular formula is C80H151NO5. The SMILES string of the molecule is CCCCC/C=C\C/C=C\CCCCCCCCCCCC(=O)OCCCCCCCCCCCCCC/C=C\CCCCCCCCCCCCCCCC(=O)NC(CO)C(O)/C=C/CCCCCCCCCCCCCCCCCCCCC. The average molecular weight is 1210 g/mol. The van der Waals surface area contributed by atoms with Gasteiger partial charge in [0.1, 0.15) is 0 Å². The molecule has 86 heavy (non-hydrogen) atoms. The Hall–Kier alpha value is -2.18. The molecule has 3 N–H and O–H groups in total. The molecule has 506 valence electrons. The summed E-state index contributed by atoms with van der Waals surface area (Å²) < 4.78 is 5.51. The predicted molar refractivity (Wildman–Crippen MR) is 379 cm³/mol. The number of rotatable bonds is 73. The van der Waals surface area contributed by atoms with Crippen molar-refractivity contribution in [3.8, 4) is 0 Å². The number of unbranched alkanes of at least 4 members (excludes halogenated alkanes) is 56. The number of ether oxygens (including phenoxy) is 1. The van der Waals surface area contributed by atoms with Crippen molar-refractivity contribution in [3.63, 3.8) is 0 Å². The van der Waals surface area contributed by atoms with Crippen LogP contribution in [0, 0.1) is 0 Å². The lowest BCUT2D eigenvalue weighted by Crippen LogP contribution is -2.45. The summed E-state index contributed by atoms with van der Waals surface area (Å²) in [6.07, 6.45) is 99.3. The normalized spacial score (nSPS) is 12.7. The first-order valence-corrected chi connectivity index (χ1v) is 38.9. The van der Waals surface area contributed by atoms with Crippen molar-refractivity contribution in [3.05, 3.63) is 48.6 Å². The lowest BCUT2D eigenvalue weighted by Gasteiger charge is -2.20. The molecule has 0 heterocycles. The maximum Gasteiger partial charge on any atom is 0.305 e. The summed E-state index contributed by atoms with van der Waals surface area (Å²) in [5, 5.41) is 23.3. The zero-order valence-electron chi connectivity index (χ0n) is 58.1.